The summed E-state index contributed by atoms with van der Waals surface area (Å²) in [4.78, 5) is 0. The summed E-state index contributed by atoms with van der Waals surface area (Å²) in [6.45, 7) is 5.29. The lowest BCUT2D eigenvalue weighted by molar-refractivity contribution is -0.137. The third kappa shape index (κ3) is 5.97. The van der Waals surface area contributed by atoms with Gasteiger partial charge < -0.3 is 5.32 Å². The van der Waals surface area contributed by atoms with E-state index in [1.807, 2.05) is 38.1 Å². The Morgan fingerprint density at radius 2 is 1.59 bits per heavy atom. The van der Waals surface area contributed by atoms with Gasteiger partial charge in [0, 0.05) is 13.1 Å². The summed E-state index contributed by atoms with van der Waals surface area (Å²) in [5.74, 6) is 0. The second-order valence-corrected chi connectivity index (χ2v) is 5.79. The number of rotatable bonds is 5. The van der Waals surface area contributed by atoms with E-state index in [-0.39, 0.29) is 0 Å². The molecule has 3 aromatic carbocycles. The Balaban J connectivity index is 0.00000126. The Morgan fingerprint density at radius 1 is 0.889 bits per heavy atom. The average Bonchev–Trinajstić information content (AvgIpc) is 2.69. The molecule has 1 N–H and O–H groups in total. The summed E-state index contributed by atoms with van der Waals surface area (Å²) < 4.78 is 38.1. The largest absolute Gasteiger partial charge is 0.416 e. The molecule has 1 nitrogen and oxygen atoms in total. The molecule has 0 aliphatic heterocycles. The van der Waals surface area contributed by atoms with Gasteiger partial charge in [-0.25, -0.2) is 0 Å². The number of benzene rings is 3. The number of hydrogen-bond acceptors (Lipinski definition) is 1. The fraction of sp³-hybridized carbons (Fsp3) is 0.217. The molecular formula is C23H24F3N. The monoisotopic (exact) mass is 371 g/mol. The van der Waals surface area contributed by atoms with Crippen molar-refractivity contribution in [2.75, 3.05) is 6.54 Å². The molecule has 0 spiro atoms. The number of nitrogens with one attached hydrogen (secondary N) is 1. The molecule has 0 radical (unpaired) electrons. The maximum atomic E-state index is 12.7. The molecule has 27 heavy (non-hydrogen) atoms. The SMILES string of the molecule is CC.FC(F)(F)c1cccc(/C=C\CNCc2cccc3ccccc23)c1. The quantitative estimate of drug-likeness (QED) is 0.493. The lowest BCUT2D eigenvalue weighted by Crippen LogP contribution is -2.13. The minimum absolute atomic E-state index is 0.543. The molecule has 0 amide bonds. The smallest absolute Gasteiger partial charge is 0.309 e. The van der Waals surface area contributed by atoms with Crippen molar-refractivity contribution in [3.8, 4) is 0 Å². The predicted octanol–water partition coefficient (Wildman–Crippen LogP) is 6.69. The predicted molar refractivity (Wildman–Crippen MR) is 107 cm³/mol. The van der Waals surface area contributed by atoms with E-state index in [2.05, 4.69) is 29.6 Å². The van der Waals surface area contributed by atoms with E-state index in [0.717, 1.165) is 12.1 Å². The van der Waals surface area contributed by atoms with Gasteiger partial charge in [0.05, 0.1) is 5.56 Å². The van der Waals surface area contributed by atoms with Crippen LogP contribution < -0.4 is 5.32 Å². The summed E-state index contributed by atoms with van der Waals surface area (Å²) >= 11 is 0. The first-order chi connectivity index (χ1) is 13.0. The van der Waals surface area contributed by atoms with Crippen LogP contribution in [-0.2, 0) is 12.7 Å². The van der Waals surface area contributed by atoms with E-state index < -0.39 is 11.7 Å². The zero-order valence-electron chi connectivity index (χ0n) is 15.6. The molecule has 0 bridgehead atoms. The van der Waals surface area contributed by atoms with E-state index in [9.17, 15) is 13.2 Å². The topological polar surface area (TPSA) is 12.0 Å². The normalized spacial score (nSPS) is 11.4. The van der Waals surface area contributed by atoms with Crippen molar-refractivity contribution in [1.82, 2.24) is 5.32 Å². The highest BCUT2D eigenvalue weighted by Gasteiger charge is 2.30. The summed E-state index contributed by atoms with van der Waals surface area (Å²) in [6.07, 6.45) is -0.775. The molecule has 0 atom stereocenters. The van der Waals surface area contributed by atoms with Crippen molar-refractivity contribution in [3.05, 3.63) is 89.5 Å². The van der Waals surface area contributed by atoms with E-state index in [0.29, 0.717) is 18.7 Å². The zero-order valence-corrected chi connectivity index (χ0v) is 15.6. The first-order valence-electron chi connectivity index (χ1n) is 9.05. The third-order valence-corrected chi connectivity index (χ3v) is 3.98. The van der Waals surface area contributed by atoms with E-state index in [1.165, 1.54) is 22.4 Å². The molecule has 0 heterocycles. The number of alkyl halides is 3. The van der Waals surface area contributed by atoms with E-state index >= 15 is 0 Å². The summed E-state index contributed by atoms with van der Waals surface area (Å²) in [5, 5.41) is 5.70. The first-order valence-corrected chi connectivity index (χ1v) is 9.05. The maximum Gasteiger partial charge on any atom is 0.416 e. The van der Waals surface area contributed by atoms with Crippen LogP contribution >= 0.6 is 0 Å². The van der Waals surface area contributed by atoms with Crippen LogP contribution in [0.1, 0.15) is 30.5 Å². The van der Waals surface area contributed by atoms with Crippen LogP contribution in [-0.4, -0.2) is 6.54 Å². The molecular weight excluding hydrogens is 347 g/mol. The van der Waals surface area contributed by atoms with Crippen LogP contribution in [0.3, 0.4) is 0 Å². The maximum absolute atomic E-state index is 12.7. The average molecular weight is 371 g/mol. The minimum Gasteiger partial charge on any atom is -0.309 e. The van der Waals surface area contributed by atoms with E-state index in [4.69, 9.17) is 0 Å². The fourth-order valence-electron chi connectivity index (χ4n) is 2.75. The first kappa shape index (κ1) is 20.7. The standard InChI is InChI=1S/C21H18F3N.C2H6/c22-21(23,24)19-11-3-6-16(14-19)7-5-13-25-15-18-10-4-9-17-8-1-2-12-20(17)18;1-2/h1-12,14,25H,13,15H2;1-2H3/b7-5-;. The Bertz CT molecular complexity index is 877. The molecule has 0 saturated carbocycles. The van der Waals surface area contributed by atoms with Crippen LogP contribution in [0.5, 0.6) is 0 Å². The van der Waals surface area contributed by atoms with Gasteiger partial charge in [0.2, 0.25) is 0 Å². The summed E-state index contributed by atoms with van der Waals surface area (Å²) in [6, 6.07) is 19.7. The highest BCUT2D eigenvalue weighted by molar-refractivity contribution is 5.85. The number of hydrogen-bond donors (Lipinski definition) is 1. The van der Waals surface area contributed by atoms with Crippen molar-refractivity contribution in [2.45, 2.75) is 26.6 Å². The van der Waals surface area contributed by atoms with Crippen LogP contribution in [0.2, 0.25) is 0 Å². The molecule has 0 aromatic heterocycles. The van der Waals surface area contributed by atoms with Gasteiger partial charge >= 0.3 is 6.18 Å². The molecule has 3 rings (SSSR count). The molecule has 0 aliphatic rings. The van der Waals surface area contributed by atoms with Gasteiger partial charge in [-0.15, -0.1) is 0 Å². The van der Waals surface area contributed by atoms with E-state index in [1.54, 1.807) is 12.1 Å². The Kier molecular flexibility index (Phi) is 7.62. The third-order valence-electron chi connectivity index (χ3n) is 3.98. The van der Waals surface area contributed by atoms with Gasteiger partial charge in [0.1, 0.15) is 0 Å². The Hall–Kier alpha value is -2.59. The molecule has 142 valence electrons. The lowest BCUT2D eigenvalue weighted by Gasteiger charge is -2.07. The number of halogens is 3. The Labute approximate surface area is 158 Å². The Morgan fingerprint density at radius 3 is 2.37 bits per heavy atom. The molecule has 4 heteroatoms. The van der Waals surface area contributed by atoms with Gasteiger partial charge in [-0.2, -0.15) is 13.2 Å². The van der Waals surface area contributed by atoms with Gasteiger partial charge in [0.15, 0.2) is 0 Å². The molecule has 0 fully saturated rings. The van der Waals surface area contributed by atoms with Crippen LogP contribution in [0.25, 0.3) is 16.8 Å². The van der Waals surface area contributed by atoms with Crippen molar-refractivity contribution in [2.24, 2.45) is 0 Å². The zero-order chi connectivity index (χ0) is 19.7. The molecule has 0 saturated heterocycles. The van der Waals surface area contributed by atoms with Crippen molar-refractivity contribution < 1.29 is 13.2 Å². The van der Waals surface area contributed by atoms with Gasteiger partial charge in [-0.1, -0.05) is 80.6 Å². The van der Waals surface area contributed by atoms with Crippen molar-refractivity contribution in [3.63, 3.8) is 0 Å². The fourth-order valence-corrected chi connectivity index (χ4v) is 2.75. The second kappa shape index (κ2) is 9.93. The van der Waals surface area contributed by atoms with Gasteiger partial charge in [0.25, 0.3) is 0 Å². The summed E-state index contributed by atoms with van der Waals surface area (Å²) in [5.41, 5.74) is 1.12. The highest BCUT2D eigenvalue weighted by atomic mass is 19.4. The van der Waals surface area contributed by atoms with Crippen molar-refractivity contribution >= 4 is 16.8 Å². The molecule has 0 aliphatic carbocycles. The van der Waals surface area contributed by atoms with Crippen molar-refractivity contribution in [1.29, 1.82) is 0 Å². The molecule has 0 unspecified atom stereocenters. The van der Waals surface area contributed by atoms with Crippen LogP contribution in [0.4, 0.5) is 13.2 Å². The number of fused-ring (bicyclic) bond motifs is 1. The van der Waals surface area contributed by atoms with Crippen LogP contribution in [0, 0.1) is 0 Å². The lowest BCUT2D eigenvalue weighted by atomic mass is 10.0. The van der Waals surface area contributed by atoms with Gasteiger partial charge in [-0.05, 0) is 34.0 Å². The second-order valence-electron chi connectivity index (χ2n) is 5.79. The minimum atomic E-state index is -4.31. The highest BCUT2D eigenvalue weighted by Crippen LogP contribution is 2.29. The molecule has 3 aromatic rings. The summed E-state index contributed by atoms with van der Waals surface area (Å²) in [7, 11) is 0. The van der Waals surface area contributed by atoms with Gasteiger partial charge in [-0.3, -0.25) is 0 Å². The van der Waals surface area contributed by atoms with Crippen LogP contribution in [0.15, 0.2) is 72.8 Å².